The molecule has 2 aromatic rings. The van der Waals surface area contributed by atoms with Gasteiger partial charge in [-0.3, -0.25) is 0 Å². The Balaban J connectivity index is 2.09. The Bertz CT molecular complexity index is 596. The van der Waals surface area contributed by atoms with Crippen molar-refractivity contribution < 1.29 is 0 Å². The largest absolute Gasteiger partial charge is 0.380 e. The molecule has 0 spiro atoms. The van der Waals surface area contributed by atoms with E-state index in [1.807, 2.05) is 6.07 Å². The second-order valence-electron chi connectivity index (χ2n) is 3.78. The zero-order chi connectivity index (χ0) is 13.1. The van der Waals surface area contributed by atoms with Crippen molar-refractivity contribution in [1.29, 1.82) is 5.26 Å². The molecule has 2 nitrogen and oxygen atoms in total. The molecule has 5 heteroatoms. The maximum Gasteiger partial charge on any atom is 0.101 e. The fourth-order valence-corrected chi connectivity index (χ4v) is 3.22. The van der Waals surface area contributed by atoms with Gasteiger partial charge in [0.1, 0.15) is 6.07 Å². The van der Waals surface area contributed by atoms with Gasteiger partial charge < -0.3 is 5.32 Å². The van der Waals surface area contributed by atoms with E-state index in [0.717, 1.165) is 16.7 Å². The van der Waals surface area contributed by atoms with E-state index in [1.165, 1.54) is 9.75 Å². The Morgan fingerprint density at radius 3 is 2.83 bits per heavy atom. The molecule has 0 saturated carbocycles. The quantitative estimate of drug-likeness (QED) is 0.856. The topological polar surface area (TPSA) is 35.8 Å². The fourth-order valence-electron chi connectivity index (χ4n) is 1.52. The summed E-state index contributed by atoms with van der Waals surface area (Å²) in [5.74, 6) is 0. The number of hydrogen-bond acceptors (Lipinski definition) is 3. The van der Waals surface area contributed by atoms with Crippen molar-refractivity contribution in [3.63, 3.8) is 0 Å². The van der Waals surface area contributed by atoms with Gasteiger partial charge in [-0.1, -0.05) is 11.6 Å². The fraction of sp³-hybridized carbons (Fsp3) is 0.154. The minimum Gasteiger partial charge on any atom is -0.380 e. The molecule has 1 aromatic carbocycles. The molecular formula is C13H10BrClN2S. The molecule has 0 atom stereocenters. The first-order valence-electron chi connectivity index (χ1n) is 5.28. The molecule has 18 heavy (non-hydrogen) atoms. The van der Waals surface area contributed by atoms with Gasteiger partial charge in [-0.15, -0.1) is 11.3 Å². The van der Waals surface area contributed by atoms with Crippen LogP contribution in [0, 0.1) is 18.3 Å². The van der Waals surface area contributed by atoms with E-state index in [0.29, 0.717) is 10.6 Å². The van der Waals surface area contributed by atoms with Crippen LogP contribution in [0.2, 0.25) is 5.02 Å². The maximum absolute atomic E-state index is 8.90. The van der Waals surface area contributed by atoms with Crippen LogP contribution in [0.1, 0.15) is 15.3 Å². The number of benzene rings is 1. The summed E-state index contributed by atoms with van der Waals surface area (Å²) < 4.78 is 1.14. The molecule has 92 valence electrons. The zero-order valence-corrected chi connectivity index (χ0v) is 12.8. The number of rotatable bonds is 3. The first-order chi connectivity index (χ1) is 8.60. The van der Waals surface area contributed by atoms with Crippen LogP contribution in [-0.2, 0) is 6.54 Å². The summed E-state index contributed by atoms with van der Waals surface area (Å²) in [5.41, 5.74) is 1.39. The number of thiophene rings is 1. The van der Waals surface area contributed by atoms with Crippen LogP contribution in [0.25, 0.3) is 0 Å². The monoisotopic (exact) mass is 340 g/mol. The molecule has 0 amide bonds. The molecule has 2 rings (SSSR count). The van der Waals surface area contributed by atoms with Gasteiger partial charge in [-0.25, -0.2) is 0 Å². The van der Waals surface area contributed by atoms with Crippen LogP contribution in [-0.4, -0.2) is 0 Å². The lowest BCUT2D eigenvalue weighted by atomic mass is 10.2. The molecule has 0 bridgehead atoms. The number of hydrogen-bond donors (Lipinski definition) is 1. The number of nitrogens with one attached hydrogen (secondary N) is 1. The Morgan fingerprint density at radius 1 is 1.44 bits per heavy atom. The highest BCUT2D eigenvalue weighted by Gasteiger charge is 2.04. The van der Waals surface area contributed by atoms with Crippen molar-refractivity contribution in [2.24, 2.45) is 0 Å². The summed E-state index contributed by atoms with van der Waals surface area (Å²) in [7, 11) is 0. The van der Waals surface area contributed by atoms with Gasteiger partial charge in [0.2, 0.25) is 0 Å². The van der Waals surface area contributed by atoms with Crippen molar-refractivity contribution >= 4 is 44.6 Å². The molecule has 0 radical (unpaired) electrons. The minimum absolute atomic E-state index is 0.484. The lowest BCUT2D eigenvalue weighted by molar-refractivity contribution is 1.19. The van der Waals surface area contributed by atoms with Gasteiger partial charge in [-0.05, 0) is 47.1 Å². The average molecular weight is 342 g/mol. The maximum atomic E-state index is 8.90. The van der Waals surface area contributed by atoms with Gasteiger partial charge in [0.15, 0.2) is 0 Å². The Labute approximate surface area is 123 Å². The van der Waals surface area contributed by atoms with Crippen LogP contribution in [0.3, 0.4) is 0 Å². The second kappa shape index (κ2) is 5.75. The van der Waals surface area contributed by atoms with Crippen LogP contribution < -0.4 is 5.32 Å². The molecule has 0 aliphatic heterocycles. The van der Waals surface area contributed by atoms with E-state index in [1.54, 1.807) is 23.5 Å². The third kappa shape index (κ3) is 3.05. The number of aryl methyl sites for hydroxylation is 1. The standard InChI is InChI=1S/C13H10BrClN2S/c1-8-12(14)5-11(18-8)7-17-10-2-3-13(15)9(4-10)6-16/h2-5,17H,7H2,1H3. The first-order valence-corrected chi connectivity index (χ1v) is 7.27. The predicted octanol–water partition coefficient (Wildman–Crippen LogP) is 4.96. The van der Waals surface area contributed by atoms with Gasteiger partial charge in [0.25, 0.3) is 0 Å². The molecular weight excluding hydrogens is 332 g/mol. The number of anilines is 1. The highest BCUT2D eigenvalue weighted by molar-refractivity contribution is 9.10. The van der Waals surface area contributed by atoms with Gasteiger partial charge in [0, 0.05) is 26.5 Å². The predicted molar refractivity (Wildman–Crippen MR) is 80.2 cm³/mol. The van der Waals surface area contributed by atoms with Crippen LogP contribution >= 0.6 is 38.9 Å². The highest BCUT2D eigenvalue weighted by atomic mass is 79.9. The second-order valence-corrected chi connectivity index (χ2v) is 6.38. The van der Waals surface area contributed by atoms with Gasteiger partial charge in [-0.2, -0.15) is 5.26 Å². The van der Waals surface area contributed by atoms with E-state index in [2.05, 4.69) is 40.3 Å². The van der Waals surface area contributed by atoms with E-state index in [-0.39, 0.29) is 0 Å². The van der Waals surface area contributed by atoms with Crippen molar-refractivity contribution in [2.45, 2.75) is 13.5 Å². The lowest BCUT2D eigenvalue weighted by Crippen LogP contribution is -1.97. The molecule has 1 aromatic heterocycles. The SMILES string of the molecule is Cc1sc(CNc2ccc(Cl)c(C#N)c2)cc1Br. The van der Waals surface area contributed by atoms with E-state index in [4.69, 9.17) is 16.9 Å². The number of nitrogens with zero attached hydrogens (tertiary/aromatic N) is 1. The molecule has 0 fully saturated rings. The third-order valence-electron chi connectivity index (χ3n) is 2.46. The number of nitriles is 1. The van der Waals surface area contributed by atoms with Crippen molar-refractivity contribution in [3.8, 4) is 6.07 Å². The summed E-state index contributed by atoms with van der Waals surface area (Å²) in [4.78, 5) is 2.51. The lowest BCUT2D eigenvalue weighted by Gasteiger charge is -2.05. The first kappa shape index (κ1) is 13.4. The van der Waals surface area contributed by atoms with Crippen molar-refractivity contribution in [3.05, 3.63) is 49.1 Å². The van der Waals surface area contributed by atoms with Crippen LogP contribution in [0.5, 0.6) is 0 Å². The van der Waals surface area contributed by atoms with Crippen molar-refractivity contribution in [2.75, 3.05) is 5.32 Å². The van der Waals surface area contributed by atoms with Gasteiger partial charge >= 0.3 is 0 Å². The smallest absolute Gasteiger partial charge is 0.101 e. The normalized spacial score (nSPS) is 10.1. The third-order valence-corrected chi connectivity index (χ3v) is 4.93. The summed E-state index contributed by atoms with van der Waals surface area (Å²) in [6.45, 7) is 2.82. The molecule has 1 heterocycles. The number of halogens is 2. The average Bonchev–Trinajstić information content (AvgIpc) is 2.68. The van der Waals surface area contributed by atoms with E-state index < -0.39 is 0 Å². The molecule has 0 unspecified atom stereocenters. The molecule has 0 saturated heterocycles. The molecule has 1 N–H and O–H groups in total. The molecule has 0 aliphatic carbocycles. The summed E-state index contributed by atoms with van der Waals surface area (Å²) in [6, 6.07) is 9.55. The highest BCUT2D eigenvalue weighted by Crippen LogP contribution is 2.27. The van der Waals surface area contributed by atoms with Gasteiger partial charge in [0.05, 0.1) is 10.6 Å². The zero-order valence-electron chi connectivity index (χ0n) is 9.63. The van der Waals surface area contributed by atoms with Crippen LogP contribution in [0.4, 0.5) is 5.69 Å². The Hall–Kier alpha value is -1.02. The Kier molecular flexibility index (Phi) is 4.28. The molecule has 0 aliphatic rings. The summed E-state index contributed by atoms with van der Waals surface area (Å²) in [5, 5.41) is 12.7. The van der Waals surface area contributed by atoms with Crippen molar-refractivity contribution in [1.82, 2.24) is 0 Å². The summed E-state index contributed by atoms with van der Waals surface area (Å²) in [6.07, 6.45) is 0. The Morgan fingerprint density at radius 2 is 2.22 bits per heavy atom. The van der Waals surface area contributed by atoms with Crippen LogP contribution in [0.15, 0.2) is 28.7 Å². The van der Waals surface area contributed by atoms with E-state index in [9.17, 15) is 0 Å². The minimum atomic E-state index is 0.484. The van der Waals surface area contributed by atoms with E-state index >= 15 is 0 Å². The summed E-state index contributed by atoms with van der Waals surface area (Å²) >= 11 is 11.1.